The molecule has 5 heteroatoms. The number of carbonyl (C=O) groups excluding carboxylic acids is 1. The van der Waals surface area contributed by atoms with E-state index in [1.54, 1.807) is 11.8 Å². The van der Waals surface area contributed by atoms with Crippen molar-refractivity contribution in [2.24, 2.45) is 5.92 Å². The van der Waals surface area contributed by atoms with Crippen LogP contribution in [-0.4, -0.2) is 41.4 Å². The Hall–Kier alpha value is -0.710. The molecule has 0 radical (unpaired) electrons. The van der Waals surface area contributed by atoms with Gasteiger partial charge < -0.3 is 10.0 Å². The fourth-order valence-corrected chi connectivity index (χ4v) is 3.59. The predicted octanol–water partition coefficient (Wildman–Crippen LogP) is 3.05. The number of halogens is 1. The number of amides is 1. The van der Waals surface area contributed by atoms with E-state index in [9.17, 15) is 9.90 Å². The fourth-order valence-electron chi connectivity index (χ4n) is 2.41. The maximum absolute atomic E-state index is 12.1. The maximum atomic E-state index is 12.1. The lowest BCUT2D eigenvalue weighted by molar-refractivity contribution is -0.132. The normalized spacial score (nSPS) is 19.1. The van der Waals surface area contributed by atoms with Gasteiger partial charge in [-0.1, -0.05) is 23.7 Å². The lowest BCUT2D eigenvalue weighted by Crippen LogP contribution is -2.41. The van der Waals surface area contributed by atoms with Crippen molar-refractivity contribution in [2.45, 2.75) is 24.2 Å². The number of aliphatic hydroxyl groups is 1. The van der Waals surface area contributed by atoms with E-state index in [2.05, 4.69) is 0 Å². The molecule has 1 heterocycles. The van der Waals surface area contributed by atoms with E-state index in [1.807, 2.05) is 29.2 Å². The molecule has 1 aromatic carbocycles. The predicted molar refractivity (Wildman–Crippen MR) is 83.2 cm³/mol. The van der Waals surface area contributed by atoms with E-state index in [-0.39, 0.29) is 18.4 Å². The quantitative estimate of drug-likeness (QED) is 0.849. The smallest absolute Gasteiger partial charge is 0.223 e. The van der Waals surface area contributed by atoms with Crippen molar-refractivity contribution < 1.29 is 9.90 Å². The third-order valence-corrected chi connectivity index (χ3v) is 5.06. The molecule has 1 fully saturated rings. The van der Waals surface area contributed by atoms with Gasteiger partial charge in [-0.2, -0.15) is 0 Å². The van der Waals surface area contributed by atoms with Gasteiger partial charge in [-0.05, 0) is 30.9 Å². The summed E-state index contributed by atoms with van der Waals surface area (Å²) in [4.78, 5) is 15.0. The van der Waals surface area contributed by atoms with Crippen molar-refractivity contribution in [1.29, 1.82) is 0 Å². The number of aliphatic hydroxyl groups excluding tert-OH is 1. The zero-order valence-electron chi connectivity index (χ0n) is 11.4. The first-order chi connectivity index (χ1) is 9.70. The van der Waals surface area contributed by atoms with Crippen LogP contribution in [0.15, 0.2) is 29.2 Å². The molecule has 20 heavy (non-hydrogen) atoms. The summed E-state index contributed by atoms with van der Waals surface area (Å²) in [5.74, 6) is 1.18. The second-order valence-electron chi connectivity index (χ2n) is 5.06. The van der Waals surface area contributed by atoms with Crippen LogP contribution in [0.1, 0.15) is 19.3 Å². The lowest BCUT2D eigenvalue weighted by atomic mass is 9.99. The number of carbonyl (C=O) groups is 1. The highest BCUT2D eigenvalue weighted by Gasteiger charge is 2.22. The monoisotopic (exact) mass is 313 g/mol. The van der Waals surface area contributed by atoms with Gasteiger partial charge in [-0.25, -0.2) is 0 Å². The molecular weight excluding hydrogens is 294 g/mol. The Labute approximate surface area is 129 Å². The van der Waals surface area contributed by atoms with E-state index in [0.717, 1.165) is 35.1 Å². The van der Waals surface area contributed by atoms with Crippen molar-refractivity contribution in [3.63, 3.8) is 0 Å². The highest BCUT2D eigenvalue weighted by atomic mass is 35.5. The molecule has 2 rings (SSSR count). The molecule has 1 amide bonds. The molecule has 0 spiro atoms. The van der Waals surface area contributed by atoms with Crippen LogP contribution in [0.3, 0.4) is 0 Å². The van der Waals surface area contributed by atoms with Crippen LogP contribution < -0.4 is 0 Å². The first-order valence-corrected chi connectivity index (χ1v) is 8.33. The van der Waals surface area contributed by atoms with Crippen molar-refractivity contribution in [1.82, 2.24) is 4.90 Å². The lowest BCUT2D eigenvalue weighted by Gasteiger charge is -2.31. The van der Waals surface area contributed by atoms with Crippen LogP contribution in [0.4, 0.5) is 0 Å². The molecule has 1 atom stereocenters. The van der Waals surface area contributed by atoms with Crippen LogP contribution in [-0.2, 0) is 4.79 Å². The Morgan fingerprint density at radius 1 is 1.45 bits per heavy atom. The standard InChI is InChI=1S/C15H20ClNO2S/c16-13-5-1-2-6-14(13)20-9-7-15(19)17-8-3-4-12(10-17)11-18/h1-2,5-6,12,18H,3-4,7-11H2. The molecular formula is C15H20ClNO2S. The molecule has 0 aromatic heterocycles. The number of piperidine rings is 1. The molecule has 1 N–H and O–H groups in total. The highest BCUT2D eigenvalue weighted by Crippen LogP contribution is 2.27. The Bertz CT molecular complexity index is 455. The zero-order chi connectivity index (χ0) is 14.4. The summed E-state index contributed by atoms with van der Waals surface area (Å²) >= 11 is 7.70. The third kappa shape index (κ3) is 4.40. The van der Waals surface area contributed by atoms with Gasteiger partial charge >= 0.3 is 0 Å². The molecule has 110 valence electrons. The molecule has 1 unspecified atom stereocenters. The molecule has 0 aliphatic carbocycles. The molecule has 1 aliphatic rings. The Morgan fingerprint density at radius 2 is 2.25 bits per heavy atom. The maximum Gasteiger partial charge on any atom is 0.223 e. The third-order valence-electron chi connectivity index (χ3n) is 3.54. The minimum Gasteiger partial charge on any atom is -0.396 e. The number of rotatable bonds is 5. The first kappa shape index (κ1) is 15.7. The molecule has 1 aliphatic heterocycles. The van der Waals surface area contributed by atoms with E-state index in [0.29, 0.717) is 13.0 Å². The van der Waals surface area contributed by atoms with Crippen molar-refractivity contribution in [3.05, 3.63) is 29.3 Å². The zero-order valence-corrected chi connectivity index (χ0v) is 13.0. The summed E-state index contributed by atoms with van der Waals surface area (Å²) in [6.45, 7) is 1.70. The summed E-state index contributed by atoms with van der Waals surface area (Å²) in [7, 11) is 0. The highest BCUT2D eigenvalue weighted by molar-refractivity contribution is 7.99. The molecule has 0 saturated carbocycles. The van der Waals surface area contributed by atoms with Gasteiger partial charge in [0.25, 0.3) is 0 Å². The van der Waals surface area contributed by atoms with Crippen LogP contribution in [0.5, 0.6) is 0 Å². The summed E-state index contributed by atoms with van der Waals surface area (Å²) in [5.41, 5.74) is 0. The van der Waals surface area contributed by atoms with Crippen LogP contribution in [0.2, 0.25) is 5.02 Å². The summed E-state index contributed by atoms with van der Waals surface area (Å²) in [6.07, 6.45) is 2.54. The van der Waals surface area contributed by atoms with Gasteiger partial charge in [-0.3, -0.25) is 4.79 Å². The van der Waals surface area contributed by atoms with Gasteiger partial charge in [0.2, 0.25) is 5.91 Å². The minimum absolute atomic E-state index is 0.179. The van der Waals surface area contributed by atoms with E-state index in [4.69, 9.17) is 11.6 Å². The van der Waals surface area contributed by atoms with Gasteiger partial charge in [0.05, 0.1) is 5.02 Å². The number of likely N-dealkylation sites (tertiary alicyclic amines) is 1. The van der Waals surface area contributed by atoms with Crippen molar-refractivity contribution in [3.8, 4) is 0 Å². The average Bonchev–Trinajstić information content (AvgIpc) is 2.49. The largest absolute Gasteiger partial charge is 0.396 e. The topological polar surface area (TPSA) is 40.5 Å². The first-order valence-electron chi connectivity index (χ1n) is 6.96. The average molecular weight is 314 g/mol. The molecule has 1 saturated heterocycles. The Balaban J connectivity index is 1.76. The number of hydrogen-bond acceptors (Lipinski definition) is 3. The van der Waals surface area contributed by atoms with E-state index < -0.39 is 0 Å². The molecule has 0 bridgehead atoms. The van der Waals surface area contributed by atoms with Gasteiger partial charge in [0.1, 0.15) is 0 Å². The second kappa shape index (κ2) is 7.91. The SMILES string of the molecule is O=C(CCSc1ccccc1Cl)N1CCCC(CO)C1. The van der Waals surface area contributed by atoms with Gasteiger partial charge in [0, 0.05) is 36.8 Å². The number of nitrogens with zero attached hydrogens (tertiary/aromatic N) is 1. The van der Waals surface area contributed by atoms with Gasteiger partial charge in [-0.15, -0.1) is 11.8 Å². The Morgan fingerprint density at radius 3 is 3.00 bits per heavy atom. The van der Waals surface area contributed by atoms with Crippen molar-refractivity contribution in [2.75, 3.05) is 25.4 Å². The van der Waals surface area contributed by atoms with E-state index in [1.165, 1.54) is 0 Å². The number of hydrogen-bond donors (Lipinski definition) is 1. The fraction of sp³-hybridized carbons (Fsp3) is 0.533. The minimum atomic E-state index is 0.179. The van der Waals surface area contributed by atoms with Crippen LogP contribution >= 0.6 is 23.4 Å². The molecule has 1 aromatic rings. The number of benzene rings is 1. The number of thioether (sulfide) groups is 1. The summed E-state index contributed by atoms with van der Waals surface area (Å²) in [5, 5.41) is 9.93. The van der Waals surface area contributed by atoms with Crippen molar-refractivity contribution >= 4 is 29.3 Å². The Kier molecular flexibility index (Phi) is 6.20. The molecule has 3 nitrogen and oxygen atoms in total. The van der Waals surface area contributed by atoms with Crippen LogP contribution in [0, 0.1) is 5.92 Å². The van der Waals surface area contributed by atoms with Gasteiger partial charge in [0.15, 0.2) is 0 Å². The summed E-state index contributed by atoms with van der Waals surface area (Å²) < 4.78 is 0. The summed E-state index contributed by atoms with van der Waals surface area (Å²) in [6, 6.07) is 7.69. The van der Waals surface area contributed by atoms with Crippen LogP contribution in [0.25, 0.3) is 0 Å². The second-order valence-corrected chi connectivity index (χ2v) is 6.60. The van der Waals surface area contributed by atoms with E-state index >= 15 is 0 Å².